The van der Waals surface area contributed by atoms with Crippen LogP contribution < -0.4 is 70.0 Å². The van der Waals surface area contributed by atoms with E-state index in [9.17, 15) is 63.3 Å². The number of imidazole rings is 1. The Balaban J connectivity index is 1.24. The van der Waals surface area contributed by atoms with Crippen molar-refractivity contribution in [2.24, 2.45) is 17.4 Å². The number of para-hydroxylation sites is 1. The first-order valence-electron chi connectivity index (χ1n) is 31.1. The highest BCUT2D eigenvalue weighted by Gasteiger charge is 2.40. The molecule has 0 bridgehead atoms. The number of aromatic hydroxyl groups is 1. The first kappa shape index (κ1) is 71.9. The maximum atomic E-state index is 14.8. The molecule has 2 saturated heterocycles. The molecule has 31 heteroatoms. The Morgan fingerprint density at radius 2 is 1.33 bits per heavy atom. The molecule has 0 spiro atoms. The lowest BCUT2D eigenvalue weighted by Crippen LogP contribution is -2.61. The van der Waals surface area contributed by atoms with Crippen LogP contribution in [0.5, 0.6) is 5.75 Å². The average Bonchev–Trinajstić information content (AvgIpc) is 1.65. The smallest absolute Gasteiger partial charge is 0.245 e. The minimum Gasteiger partial charge on any atom is -0.508 e. The number of nitrogens with two attached hydrogens (primary N) is 2. The molecule has 4 heterocycles. The van der Waals surface area contributed by atoms with Gasteiger partial charge in [0, 0.05) is 67.8 Å². The number of hydrogen-bond donors (Lipinski definition) is 19. The van der Waals surface area contributed by atoms with Gasteiger partial charge in [-0.25, -0.2) is 4.98 Å². The van der Waals surface area contributed by atoms with Crippen LogP contribution in [0.25, 0.3) is 10.9 Å². The number of nitrogens with one attached hydrogen (secondary N) is 14. The third-order valence-corrected chi connectivity index (χ3v) is 15.8. The van der Waals surface area contributed by atoms with Crippen LogP contribution >= 0.6 is 0 Å². The summed E-state index contributed by atoms with van der Waals surface area (Å²) in [4.78, 5) is 152. The molecule has 2 aromatic carbocycles. The van der Waals surface area contributed by atoms with E-state index in [1.165, 1.54) is 41.7 Å². The van der Waals surface area contributed by atoms with E-state index >= 15 is 0 Å². The molecule has 10 atom stereocenters. The Morgan fingerprint density at radius 1 is 0.707 bits per heavy atom. The number of hydrogen-bond acceptors (Lipinski definition) is 17. The number of aliphatic hydroxyl groups is 2. The lowest BCUT2D eigenvalue weighted by Gasteiger charge is -2.31. The zero-order valence-corrected chi connectivity index (χ0v) is 52.1. The highest BCUT2D eigenvalue weighted by Crippen LogP contribution is 2.22. The second-order valence-corrected chi connectivity index (χ2v) is 23.6. The van der Waals surface area contributed by atoms with Gasteiger partial charge in [-0.3, -0.25) is 53.4 Å². The van der Waals surface area contributed by atoms with E-state index in [0.29, 0.717) is 66.4 Å². The van der Waals surface area contributed by atoms with Gasteiger partial charge in [0.2, 0.25) is 59.1 Å². The Labute approximate surface area is 532 Å². The van der Waals surface area contributed by atoms with Crippen LogP contribution in [0.4, 0.5) is 0 Å². The fraction of sp³-hybridized carbons (Fsp3) is 0.541. The largest absolute Gasteiger partial charge is 0.508 e. The SMILES string of the molecule is CNCCCCC[C@@H](NC(=O)[C@H](Cc1ccc(O)cc1)NC(=O)[C@H](CO)NC(=O)[C@H](Cc1c[nH]c2ccccc12)NC(=O)[C@H](Cc1cnc[nH]1)NC(=O)[C@@H]1CCC(=O)N1)C(=O)N[C@@H](CC(C)C)C(=O)NC(CCCNC(=N)N)C(=O)N1CCC[C@H]1C(=O)NCC(N)O. The number of aliphatic hydroxyl groups excluding tert-OH is 2. The molecule has 4 aromatic rings. The summed E-state index contributed by atoms with van der Waals surface area (Å²) in [6.07, 6.45) is 5.75. The quantitative estimate of drug-likeness (QED) is 0.00913. The number of carbonyl (C=O) groups excluding carboxylic acids is 10. The van der Waals surface area contributed by atoms with Crippen molar-refractivity contribution < 1.29 is 63.3 Å². The number of likely N-dealkylation sites (tertiary alicyclic amines) is 1. The second-order valence-electron chi connectivity index (χ2n) is 23.6. The Kier molecular flexibility index (Phi) is 28.1. The number of amides is 10. The van der Waals surface area contributed by atoms with Gasteiger partial charge in [0.1, 0.15) is 66.4 Å². The third kappa shape index (κ3) is 22.3. The van der Waals surface area contributed by atoms with E-state index < -0.39 is 120 Å². The van der Waals surface area contributed by atoms with E-state index in [1.54, 1.807) is 31.4 Å². The molecule has 21 N–H and O–H groups in total. The van der Waals surface area contributed by atoms with Crippen LogP contribution in [0.2, 0.25) is 0 Å². The Hall–Kier alpha value is -9.20. The molecule has 10 amide bonds. The first-order valence-corrected chi connectivity index (χ1v) is 31.1. The van der Waals surface area contributed by atoms with Crippen LogP contribution in [0, 0.1) is 11.3 Å². The van der Waals surface area contributed by atoms with Crippen molar-refractivity contribution in [1.82, 2.24) is 78.3 Å². The van der Waals surface area contributed by atoms with Crippen LogP contribution in [-0.4, -0.2) is 201 Å². The van der Waals surface area contributed by atoms with E-state index in [-0.39, 0.29) is 101 Å². The molecular weight excluding hydrogens is 1190 g/mol. The van der Waals surface area contributed by atoms with Crippen LogP contribution in [0.1, 0.15) is 101 Å². The number of phenols is 1. The minimum atomic E-state index is -1.77. The van der Waals surface area contributed by atoms with Crippen molar-refractivity contribution in [2.45, 2.75) is 164 Å². The zero-order valence-electron chi connectivity index (χ0n) is 52.1. The van der Waals surface area contributed by atoms with Crippen molar-refractivity contribution in [3.8, 4) is 5.75 Å². The molecule has 2 unspecified atom stereocenters. The number of unbranched alkanes of at least 4 members (excludes halogenated alkanes) is 2. The predicted molar refractivity (Wildman–Crippen MR) is 337 cm³/mol. The number of rotatable bonds is 37. The summed E-state index contributed by atoms with van der Waals surface area (Å²) in [6, 6.07) is 1.12. The molecule has 2 aliphatic rings. The second kappa shape index (κ2) is 36.0. The highest BCUT2D eigenvalue weighted by molar-refractivity contribution is 5.99. The highest BCUT2D eigenvalue weighted by atomic mass is 16.3. The summed E-state index contributed by atoms with van der Waals surface area (Å²) in [7, 11) is 1.79. The van der Waals surface area contributed by atoms with E-state index in [2.05, 4.69) is 73.4 Å². The summed E-state index contributed by atoms with van der Waals surface area (Å²) in [5.74, 6) is -7.97. The van der Waals surface area contributed by atoms with E-state index in [0.717, 1.165) is 0 Å². The van der Waals surface area contributed by atoms with Crippen LogP contribution in [0.15, 0.2) is 67.3 Å². The molecule has 0 aliphatic carbocycles. The summed E-state index contributed by atoms with van der Waals surface area (Å²) >= 11 is 0. The van der Waals surface area contributed by atoms with Gasteiger partial charge in [-0.05, 0) is 100 Å². The number of phenolic OH excluding ortho intramolecular Hbond substituents is 1. The first-order chi connectivity index (χ1) is 44.0. The summed E-state index contributed by atoms with van der Waals surface area (Å²) < 4.78 is 0. The number of H-pyrrole nitrogens is 2. The molecule has 2 aromatic heterocycles. The number of carbonyl (C=O) groups is 10. The third-order valence-electron chi connectivity index (χ3n) is 15.8. The monoisotopic (exact) mass is 1280 g/mol. The average molecular weight is 1280 g/mol. The van der Waals surface area contributed by atoms with Gasteiger partial charge < -0.3 is 100 Å². The van der Waals surface area contributed by atoms with Crippen molar-refractivity contribution in [3.05, 3.63) is 84.1 Å². The van der Waals surface area contributed by atoms with Gasteiger partial charge >= 0.3 is 0 Å². The van der Waals surface area contributed by atoms with Gasteiger partial charge in [0.05, 0.1) is 19.5 Å². The maximum absolute atomic E-state index is 14.8. The number of nitrogens with zero attached hydrogens (tertiary/aromatic N) is 2. The minimum absolute atomic E-state index is 0.0284. The molecule has 0 saturated carbocycles. The molecule has 502 valence electrons. The normalized spacial score (nSPS) is 17.2. The number of guanidine groups is 1. The topological polar surface area (TPSA) is 487 Å². The lowest BCUT2D eigenvalue weighted by atomic mass is 10.00. The molecule has 0 radical (unpaired) electrons. The summed E-state index contributed by atoms with van der Waals surface area (Å²) in [5.41, 5.74) is 13.1. The molecule has 2 aliphatic heterocycles. The number of fused-ring (bicyclic) bond motifs is 1. The fourth-order valence-electron chi connectivity index (χ4n) is 11.0. The fourth-order valence-corrected chi connectivity index (χ4v) is 11.0. The molecule has 6 rings (SSSR count). The Bertz CT molecular complexity index is 3140. The van der Waals surface area contributed by atoms with Crippen molar-refractivity contribution in [3.63, 3.8) is 0 Å². The standard InChI is InChI=1S/C61H90N18O13/c1-34(2)25-44(54(86)73-43(14-9-23-67-61(63)64)60(92)79-24-10-15-49(79)59(91)69-31-50(62)82)74-52(84)41(13-5-4-8-22-65-3)72-55(87)45(26-35-16-18-38(81)19-17-35)75-58(90)48(32-80)78-56(88)46(27-36-29-68-40-12-7-6-11-39(36)40)76-57(89)47(28-37-30-66-33-70-37)77-53(85)42-20-21-51(83)71-42/h6-7,11-12,16-19,29-30,33-34,41-50,65,68,80-82H,4-5,8-10,13-15,20-28,31-32,62H2,1-3H3,(H,66,70)(H,69,91)(H,71,83)(H,72,87)(H,73,86)(H,74,84)(H,75,90)(H,76,89)(H,77,85)(H,78,88)(H4,63,64,67)/t41-,42+,43?,44+,45+,46+,47+,48+,49+,50?/m1/s1. The Morgan fingerprint density at radius 3 is 1.97 bits per heavy atom. The number of aromatic amines is 2. The predicted octanol–water partition coefficient (Wildman–Crippen LogP) is -3.24. The van der Waals surface area contributed by atoms with Crippen molar-refractivity contribution in [1.29, 1.82) is 5.41 Å². The van der Waals surface area contributed by atoms with E-state index in [1.807, 2.05) is 19.9 Å². The van der Waals surface area contributed by atoms with Crippen LogP contribution in [-0.2, 0) is 67.2 Å². The van der Waals surface area contributed by atoms with Gasteiger partial charge in [-0.2, -0.15) is 0 Å². The lowest BCUT2D eigenvalue weighted by molar-refractivity contribution is -0.142. The maximum Gasteiger partial charge on any atom is 0.245 e. The molecule has 92 heavy (non-hydrogen) atoms. The van der Waals surface area contributed by atoms with Gasteiger partial charge in [0.25, 0.3) is 0 Å². The van der Waals surface area contributed by atoms with E-state index in [4.69, 9.17) is 16.9 Å². The summed E-state index contributed by atoms with van der Waals surface area (Å²) in [6.45, 7) is 3.35. The van der Waals surface area contributed by atoms with Crippen molar-refractivity contribution in [2.75, 3.05) is 39.8 Å². The number of aromatic nitrogens is 3. The molecule has 31 nitrogen and oxygen atoms in total. The zero-order chi connectivity index (χ0) is 66.9. The van der Waals surface area contributed by atoms with Gasteiger partial charge in [-0.1, -0.05) is 57.0 Å². The van der Waals surface area contributed by atoms with Gasteiger partial charge in [0.15, 0.2) is 5.96 Å². The summed E-state index contributed by atoms with van der Waals surface area (Å²) in [5, 5.41) is 68.7. The van der Waals surface area contributed by atoms with Crippen LogP contribution in [0.3, 0.4) is 0 Å². The number of benzene rings is 2. The van der Waals surface area contributed by atoms with Crippen molar-refractivity contribution >= 4 is 75.9 Å². The van der Waals surface area contributed by atoms with Gasteiger partial charge in [-0.15, -0.1) is 0 Å². The molecule has 2 fully saturated rings. The molecular formula is C61H90N18O13.